The van der Waals surface area contributed by atoms with Crippen LogP contribution in [0.2, 0.25) is 5.02 Å². The molecule has 2 aromatic rings. The third-order valence-electron chi connectivity index (χ3n) is 3.57. The smallest absolute Gasteiger partial charge is 0.110 e. The highest BCUT2D eigenvalue weighted by Crippen LogP contribution is 2.23. The molecule has 21 heavy (non-hydrogen) atoms. The van der Waals surface area contributed by atoms with Crippen LogP contribution in [-0.4, -0.2) is 16.1 Å². The Balaban J connectivity index is 2.24. The fourth-order valence-corrected chi connectivity index (χ4v) is 2.98. The fourth-order valence-electron chi connectivity index (χ4n) is 2.68. The summed E-state index contributed by atoms with van der Waals surface area (Å²) in [5.41, 5.74) is 2.42. The predicted molar refractivity (Wildman–Crippen MR) is 88.8 cm³/mol. The zero-order valence-corrected chi connectivity index (χ0v) is 13.8. The normalized spacial score (nSPS) is 12.6. The highest BCUT2D eigenvalue weighted by Gasteiger charge is 2.15. The van der Waals surface area contributed by atoms with Gasteiger partial charge in [-0.1, -0.05) is 31.5 Å². The van der Waals surface area contributed by atoms with Crippen LogP contribution < -0.4 is 5.32 Å². The molecule has 0 amide bonds. The number of nitrogens with one attached hydrogen (secondary N) is 1. The van der Waals surface area contributed by atoms with Gasteiger partial charge in [0.2, 0.25) is 0 Å². The van der Waals surface area contributed by atoms with E-state index in [0.29, 0.717) is 0 Å². The van der Waals surface area contributed by atoms with E-state index >= 15 is 0 Å². The van der Waals surface area contributed by atoms with Gasteiger partial charge in [-0.15, -0.1) is 0 Å². The molecule has 1 unspecified atom stereocenters. The van der Waals surface area contributed by atoms with Gasteiger partial charge in [0.15, 0.2) is 0 Å². The fraction of sp³-hybridized carbons (Fsp3) is 0.471. The molecule has 1 N–H and O–H groups in total. The SMILES string of the molecule is CCCn1ccnc1CC(NCC)c1cc(C)cc(Cl)c1. The molecule has 0 aliphatic rings. The first-order valence-corrected chi connectivity index (χ1v) is 8.02. The van der Waals surface area contributed by atoms with Crippen molar-refractivity contribution >= 4 is 11.6 Å². The molecule has 0 fully saturated rings. The highest BCUT2D eigenvalue weighted by atomic mass is 35.5. The van der Waals surface area contributed by atoms with E-state index in [1.807, 2.05) is 12.3 Å². The minimum atomic E-state index is 0.241. The minimum absolute atomic E-state index is 0.241. The number of halogens is 1. The zero-order chi connectivity index (χ0) is 15.2. The Morgan fingerprint density at radius 3 is 2.76 bits per heavy atom. The summed E-state index contributed by atoms with van der Waals surface area (Å²) in [6.07, 6.45) is 5.94. The molecule has 1 aromatic carbocycles. The maximum atomic E-state index is 6.21. The molecular weight excluding hydrogens is 282 g/mol. The van der Waals surface area contributed by atoms with Gasteiger partial charge >= 0.3 is 0 Å². The molecule has 1 atom stereocenters. The molecule has 0 radical (unpaired) electrons. The van der Waals surface area contributed by atoms with E-state index in [1.165, 1.54) is 11.1 Å². The quantitative estimate of drug-likeness (QED) is 0.833. The number of hydrogen-bond acceptors (Lipinski definition) is 2. The first-order valence-electron chi connectivity index (χ1n) is 7.64. The van der Waals surface area contributed by atoms with Gasteiger partial charge in [-0.3, -0.25) is 0 Å². The molecule has 1 heterocycles. The average molecular weight is 306 g/mol. The van der Waals surface area contributed by atoms with Gasteiger partial charge in [0, 0.05) is 36.4 Å². The van der Waals surface area contributed by atoms with Crippen molar-refractivity contribution < 1.29 is 0 Å². The molecule has 0 bridgehead atoms. The molecule has 0 saturated carbocycles. The van der Waals surface area contributed by atoms with E-state index in [2.05, 4.69) is 54.0 Å². The van der Waals surface area contributed by atoms with Gasteiger partial charge in [0.05, 0.1) is 0 Å². The largest absolute Gasteiger partial charge is 0.335 e. The highest BCUT2D eigenvalue weighted by molar-refractivity contribution is 6.30. The van der Waals surface area contributed by atoms with E-state index in [4.69, 9.17) is 11.6 Å². The Bertz CT molecular complexity index is 557. The van der Waals surface area contributed by atoms with E-state index in [1.54, 1.807) is 0 Å². The molecular formula is C17H24ClN3. The lowest BCUT2D eigenvalue weighted by Gasteiger charge is -2.19. The number of nitrogens with zero attached hydrogens (tertiary/aromatic N) is 2. The average Bonchev–Trinajstić information content (AvgIpc) is 2.85. The number of benzene rings is 1. The summed E-state index contributed by atoms with van der Waals surface area (Å²) in [5.74, 6) is 1.13. The molecule has 0 spiro atoms. The summed E-state index contributed by atoms with van der Waals surface area (Å²) >= 11 is 6.21. The molecule has 114 valence electrons. The number of aryl methyl sites for hydroxylation is 2. The van der Waals surface area contributed by atoms with Crippen LogP contribution in [-0.2, 0) is 13.0 Å². The van der Waals surface area contributed by atoms with E-state index in [9.17, 15) is 0 Å². The maximum absolute atomic E-state index is 6.21. The van der Waals surface area contributed by atoms with E-state index in [0.717, 1.165) is 36.8 Å². The topological polar surface area (TPSA) is 29.9 Å². The molecule has 0 aliphatic carbocycles. The van der Waals surface area contributed by atoms with Crippen molar-refractivity contribution in [1.29, 1.82) is 0 Å². The van der Waals surface area contributed by atoms with Gasteiger partial charge in [-0.2, -0.15) is 0 Å². The Labute approximate surface area is 132 Å². The first kappa shape index (κ1) is 16.1. The second kappa shape index (κ2) is 7.62. The van der Waals surface area contributed by atoms with Crippen LogP contribution in [0.25, 0.3) is 0 Å². The van der Waals surface area contributed by atoms with Crippen LogP contribution in [0.1, 0.15) is 43.3 Å². The van der Waals surface area contributed by atoms with Crippen LogP contribution in [0.3, 0.4) is 0 Å². The molecule has 1 aromatic heterocycles. The zero-order valence-electron chi connectivity index (χ0n) is 13.1. The molecule has 0 aliphatic heterocycles. The van der Waals surface area contributed by atoms with Crippen molar-refractivity contribution in [2.45, 2.75) is 46.2 Å². The molecule has 2 rings (SSSR count). The number of likely N-dealkylation sites (N-methyl/N-ethyl adjacent to an activating group) is 1. The van der Waals surface area contributed by atoms with Crippen molar-refractivity contribution in [3.63, 3.8) is 0 Å². The third kappa shape index (κ3) is 4.32. The van der Waals surface area contributed by atoms with E-state index in [-0.39, 0.29) is 6.04 Å². The molecule has 4 heteroatoms. The summed E-state index contributed by atoms with van der Waals surface area (Å²) in [5, 5.41) is 4.35. The minimum Gasteiger partial charge on any atom is -0.335 e. The molecule has 0 saturated heterocycles. The van der Waals surface area contributed by atoms with Crippen molar-refractivity contribution in [3.8, 4) is 0 Å². The lowest BCUT2D eigenvalue weighted by atomic mass is 10.0. The molecule has 3 nitrogen and oxygen atoms in total. The number of imidazole rings is 1. The lowest BCUT2D eigenvalue weighted by Crippen LogP contribution is -2.24. The second-order valence-electron chi connectivity index (χ2n) is 5.41. The third-order valence-corrected chi connectivity index (χ3v) is 3.79. The van der Waals surface area contributed by atoms with Gasteiger partial charge < -0.3 is 9.88 Å². The summed E-state index contributed by atoms with van der Waals surface area (Å²) in [6.45, 7) is 8.33. The Morgan fingerprint density at radius 2 is 2.10 bits per heavy atom. The van der Waals surface area contributed by atoms with Gasteiger partial charge in [-0.25, -0.2) is 4.98 Å². The van der Waals surface area contributed by atoms with Crippen molar-refractivity contribution in [2.75, 3.05) is 6.54 Å². The van der Waals surface area contributed by atoms with Gasteiger partial charge in [0.1, 0.15) is 5.82 Å². The van der Waals surface area contributed by atoms with E-state index < -0.39 is 0 Å². The Morgan fingerprint density at radius 1 is 1.29 bits per heavy atom. The summed E-state index contributed by atoms with van der Waals surface area (Å²) in [6, 6.07) is 6.48. The van der Waals surface area contributed by atoms with Crippen LogP contribution in [0.15, 0.2) is 30.6 Å². The number of aromatic nitrogens is 2. The Hall–Kier alpha value is -1.32. The van der Waals surface area contributed by atoms with Crippen molar-refractivity contribution in [2.24, 2.45) is 0 Å². The lowest BCUT2D eigenvalue weighted by molar-refractivity contribution is 0.516. The number of hydrogen-bond donors (Lipinski definition) is 1. The maximum Gasteiger partial charge on any atom is 0.110 e. The van der Waals surface area contributed by atoms with Crippen LogP contribution >= 0.6 is 11.6 Å². The standard InChI is InChI=1S/C17H24ClN3/c1-4-7-21-8-6-20-17(21)12-16(19-5-2)14-9-13(3)10-15(18)11-14/h6,8-11,16,19H,4-5,7,12H2,1-3H3. The second-order valence-corrected chi connectivity index (χ2v) is 5.85. The number of rotatable bonds is 7. The predicted octanol–water partition coefficient (Wildman–Crippen LogP) is 4.15. The van der Waals surface area contributed by atoms with Gasteiger partial charge in [0.25, 0.3) is 0 Å². The summed E-state index contributed by atoms with van der Waals surface area (Å²) in [4.78, 5) is 4.52. The van der Waals surface area contributed by atoms with Gasteiger partial charge in [-0.05, 0) is 43.1 Å². The van der Waals surface area contributed by atoms with Crippen molar-refractivity contribution in [3.05, 3.63) is 52.6 Å². The summed E-state index contributed by atoms with van der Waals surface area (Å²) in [7, 11) is 0. The van der Waals surface area contributed by atoms with Crippen LogP contribution in [0, 0.1) is 6.92 Å². The first-order chi connectivity index (χ1) is 10.1. The monoisotopic (exact) mass is 305 g/mol. The summed E-state index contributed by atoms with van der Waals surface area (Å²) < 4.78 is 2.24. The van der Waals surface area contributed by atoms with Crippen LogP contribution in [0.4, 0.5) is 0 Å². The van der Waals surface area contributed by atoms with Crippen LogP contribution in [0.5, 0.6) is 0 Å². The Kier molecular flexibility index (Phi) is 5.83. The van der Waals surface area contributed by atoms with Crippen molar-refractivity contribution in [1.82, 2.24) is 14.9 Å².